The minimum absolute atomic E-state index is 0.187. The predicted molar refractivity (Wildman–Crippen MR) is 294 cm³/mol. The summed E-state index contributed by atoms with van der Waals surface area (Å²) in [5.74, 6) is -4.17. The highest BCUT2D eigenvalue weighted by molar-refractivity contribution is 5.87. The highest BCUT2D eigenvalue weighted by Crippen LogP contribution is 2.76. The number of aliphatic hydroxyl groups is 13. The van der Waals surface area contributed by atoms with Crippen molar-refractivity contribution in [1.82, 2.24) is 0 Å². The first-order valence-corrected chi connectivity index (χ1v) is 30.4. The number of aliphatic hydroxyl groups excluding tert-OH is 13. The van der Waals surface area contributed by atoms with Gasteiger partial charge in [-0.1, -0.05) is 66.2 Å². The molecule has 0 bridgehead atoms. The normalized spacial score (nSPS) is 51.3. The van der Waals surface area contributed by atoms with Gasteiger partial charge in [-0.3, -0.25) is 4.79 Å². The summed E-state index contributed by atoms with van der Waals surface area (Å²) in [4.78, 5) is 39.7. The van der Waals surface area contributed by atoms with Gasteiger partial charge in [-0.15, -0.1) is 0 Å². The SMILES string of the molecule is C/C=C(\C)C(=O)O[C@H]1[C@H](OC(C)=O)[C@]2(CO)[C@H](O)[C@H](O)[C@]3(C)C(=CC[C@@H]4[C@@]5(C)CC[C@H](O[C@@H]6O[C@H](C(=O)O)[C@@H](O)[C@H](O[C@@H]7OC[C@H](O)[C@H](O)[C@H]7O[C@@H]7O[C@@H](C)[C@H](O)[C@@H](O)[C@H]7O)[C@H]6O[C@@H]6O[C@H](CO)[C@@H](O)[C@H](O)[C@H]6O)C(C)(C)[C@@H]5CC[C@]43C)[C@@H]2CC1(C)C. The Labute approximate surface area is 505 Å². The standard InChI is InChI=1S/C60H94O27/c1-12-23(2)50(77)87-47-48(80-25(4)63)60(22-62)27(19-55(47,5)6)26-13-14-31-57(9)17-16-32(56(7,8)30(57)15-18-58(31,10)59(26,11)45(73)46(60)74)82-54-44(86-52-39(71)37(69)35(67)29(20-61)81-52)41(40(72)42(84-54)49(75)76)83-53-43(34(66)28(64)21-78-53)85-51-38(70)36(68)33(65)24(3)79-51/h12-13,24,27-48,51-54,61-62,64-74H,14-22H2,1-11H3,(H,75,76)/b23-12+/t24-,27-,28-,29+,30-,31+,32-,33-,34-,35+,36+,37-,38+,39+,40-,41-,42-,43+,44+,45-,46+,47-,48-,51-,52-,53-,54+,57-,58+,59-,60-/m0/s1. The number of hydrogen-bond acceptors (Lipinski definition) is 26. The molecule has 27 nitrogen and oxygen atoms in total. The van der Waals surface area contributed by atoms with Crippen molar-refractivity contribution < 1.29 is 133 Å². The summed E-state index contributed by atoms with van der Waals surface area (Å²) in [6.07, 6.45) is -35.7. The molecule has 0 amide bonds. The third-order valence-electron chi connectivity index (χ3n) is 22.7. The van der Waals surface area contributed by atoms with E-state index in [4.69, 9.17) is 47.4 Å². The zero-order valence-corrected chi connectivity index (χ0v) is 51.2. The van der Waals surface area contributed by atoms with Crippen LogP contribution >= 0.6 is 0 Å². The Hall–Kier alpha value is -2.95. The van der Waals surface area contributed by atoms with Gasteiger partial charge in [0.05, 0.1) is 49.7 Å². The van der Waals surface area contributed by atoms with E-state index in [1.54, 1.807) is 19.9 Å². The van der Waals surface area contributed by atoms with Gasteiger partial charge in [-0.25, -0.2) is 9.59 Å². The van der Waals surface area contributed by atoms with E-state index in [9.17, 15) is 85.9 Å². The second kappa shape index (κ2) is 24.8. The zero-order chi connectivity index (χ0) is 64.3. The Morgan fingerprint density at radius 2 is 1.28 bits per heavy atom. The number of aliphatic carboxylic acids is 1. The van der Waals surface area contributed by atoms with E-state index in [-0.39, 0.29) is 24.7 Å². The Kier molecular flexibility index (Phi) is 19.5. The molecular weight excluding hydrogens is 1150 g/mol. The maximum absolute atomic E-state index is 13.5. The van der Waals surface area contributed by atoms with Gasteiger partial charge >= 0.3 is 17.9 Å². The number of rotatable bonds is 14. The summed E-state index contributed by atoms with van der Waals surface area (Å²) in [5, 5.41) is 158. The van der Waals surface area contributed by atoms with Gasteiger partial charge in [0.25, 0.3) is 0 Å². The fourth-order valence-electron chi connectivity index (χ4n) is 17.4. The topological polar surface area (TPSA) is 427 Å². The Morgan fingerprint density at radius 3 is 1.89 bits per heavy atom. The number of carboxylic acid groups (broad SMARTS) is 1. The van der Waals surface area contributed by atoms with Crippen LogP contribution in [0.2, 0.25) is 0 Å². The van der Waals surface area contributed by atoms with E-state index in [0.717, 1.165) is 5.57 Å². The third kappa shape index (κ3) is 11.1. The fourth-order valence-corrected chi connectivity index (χ4v) is 17.4. The number of carboxylic acids is 1. The van der Waals surface area contributed by atoms with E-state index in [1.165, 1.54) is 13.8 Å². The highest BCUT2D eigenvalue weighted by atomic mass is 16.8. The molecule has 14 N–H and O–H groups in total. The van der Waals surface area contributed by atoms with E-state index in [2.05, 4.69) is 19.9 Å². The predicted octanol–water partition coefficient (Wildman–Crippen LogP) is -1.83. The van der Waals surface area contributed by atoms with Crippen LogP contribution in [0.15, 0.2) is 23.3 Å². The molecule has 4 saturated carbocycles. The molecule has 496 valence electrons. The van der Waals surface area contributed by atoms with E-state index >= 15 is 0 Å². The number of carbonyl (C=O) groups excluding carboxylic acids is 2. The van der Waals surface area contributed by atoms with Crippen LogP contribution in [0, 0.1) is 50.2 Å². The van der Waals surface area contributed by atoms with Crippen LogP contribution in [0.1, 0.15) is 115 Å². The smallest absolute Gasteiger partial charge is 0.335 e. The van der Waals surface area contributed by atoms with Gasteiger partial charge in [0.2, 0.25) is 0 Å². The van der Waals surface area contributed by atoms with Crippen molar-refractivity contribution in [3.05, 3.63) is 23.3 Å². The molecule has 9 rings (SSSR count). The summed E-state index contributed by atoms with van der Waals surface area (Å²) >= 11 is 0. The Morgan fingerprint density at radius 1 is 0.655 bits per heavy atom. The van der Waals surface area contributed by atoms with E-state index in [0.29, 0.717) is 31.3 Å². The third-order valence-corrected chi connectivity index (χ3v) is 22.7. The summed E-state index contributed by atoms with van der Waals surface area (Å²) in [6.45, 7) is 17.6. The number of ether oxygens (including phenoxy) is 10. The van der Waals surface area contributed by atoms with Crippen molar-refractivity contribution >= 4 is 17.9 Å². The van der Waals surface area contributed by atoms with Crippen LogP contribution in [0.25, 0.3) is 0 Å². The van der Waals surface area contributed by atoms with Crippen molar-refractivity contribution in [2.24, 2.45) is 50.2 Å². The first-order chi connectivity index (χ1) is 40.5. The van der Waals surface area contributed by atoms with Gasteiger partial charge in [0.15, 0.2) is 37.4 Å². The molecule has 8 fully saturated rings. The summed E-state index contributed by atoms with van der Waals surface area (Å²) in [6, 6.07) is 0. The maximum atomic E-state index is 13.5. The van der Waals surface area contributed by atoms with Crippen molar-refractivity contribution in [2.45, 2.75) is 262 Å². The van der Waals surface area contributed by atoms with Crippen molar-refractivity contribution in [1.29, 1.82) is 0 Å². The molecule has 0 aromatic heterocycles. The molecule has 4 saturated heterocycles. The molecule has 27 heteroatoms. The molecule has 9 aliphatic rings. The first-order valence-electron chi connectivity index (χ1n) is 30.4. The molecule has 4 aliphatic heterocycles. The second-order valence-corrected chi connectivity index (χ2v) is 28.1. The van der Waals surface area contributed by atoms with Gasteiger partial charge in [0.1, 0.15) is 85.5 Å². The van der Waals surface area contributed by atoms with Crippen molar-refractivity contribution in [2.75, 3.05) is 19.8 Å². The lowest BCUT2D eigenvalue weighted by Crippen LogP contribution is -2.76. The van der Waals surface area contributed by atoms with E-state index in [1.807, 2.05) is 34.6 Å². The molecule has 0 spiro atoms. The monoisotopic (exact) mass is 1250 g/mol. The Balaban J connectivity index is 1.05. The zero-order valence-electron chi connectivity index (χ0n) is 51.2. The molecule has 31 atom stereocenters. The minimum atomic E-state index is -2.24. The van der Waals surface area contributed by atoms with Gasteiger partial charge < -0.3 is 119 Å². The van der Waals surface area contributed by atoms with Crippen LogP contribution in [-0.4, -0.2) is 256 Å². The average Bonchev–Trinajstić information content (AvgIpc) is 0.670. The molecule has 87 heavy (non-hydrogen) atoms. The van der Waals surface area contributed by atoms with Gasteiger partial charge in [0, 0.05) is 23.3 Å². The van der Waals surface area contributed by atoms with Crippen molar-refractivity contribution in [3.63, 3.8) is 0 Å². The number of carbonyl (C=O) groups is 3. The van der Waals surface area contributed by atoms with Crippen LogP contribution in [0.4, 0.5) is 0 Å². The molecule has 5 aliphatic carbocycles. The summed E-state index contributed by atoms with van der Waals surface area (Å²) in [5.41, 5.74) is -4.82. The van der Waals surface area contributed by atoms with Crippen LogP contribution in [-0.2, 0) is 61.8 Å². The first kappa shape index (κ1) is 68.4. The van der Waals surface area contributed by atoms with Crippen molar-refractivity contribution in [3.8, 4) is 0 Å². The molecule has 0 aromatic carbocycles. The number of esters is 2. The molecular formula is C60H94O27. The second-order valence-electron chi connectivity index (χ2n) is 28.1. The maximum Gasteiger partial charge on any atom is 0.335 e. The van der Waals surface area contributed by atoms with Crippen LogP contribution in [0.3, 0.4) is 0 Å². The lowest BCUT2D eigenvalue weighted by atomic mass is 9.32. The largest absolute Gasteiger partial charge is 0.479 e. The highest BCUT2D eigenvalue weighted by Gasteiger charge is 2.76. The Bertz CT molecular complexity index is 2560. The quantitative estimate of drug-likeness (QED) is 0.0394. The molecule has 0 radical (unpaired) electrons. The lowest BCUT2D eigenvalue weighted by molar-refractivity contribution is -0.401. The lowest BCUT2D eigenvalue weighted by Gasteiger charge is -2.73. The molecule has 4 heterocycles. The number of fused-ring (bicyclic) bond motifs is 7. The number of allylic oxidation sites excluding steroid dienone is 2. The summed E-state index contributed by atoms with van der Waals surface area (Å²) < 4.78 is 61.1. The van der Waals surface area contributed by atoms with Gasteiger partial charge in [-0.05, 0) is 93.3 Å². The average molecular weight is 1250 g/mol. The summed E-state index contributed by atoms with van der Waals surface area (Å²) in [7, 11) is 0. The minimum Gasteiger partial charge on any atom is -0.479 e. The number of hydrogen-bond donors (Lipinski definition) is 14. The molecule has 0 unspecified atom stereocenters. The van der Waals surface area contributed by atoms with E-state index < -0.39 is 223 Å². The van der Waals surface area contributed by atoms with Crippen LogP contribution < -0.4 is 0 Å². The van der Waals surface area contributed by atoms with Crippen LogP contribution in [0.5, 0.6) is 0 Å². The molecule has 0 aromatic rings. The van der Waals surface area contributed by atoms with Gasteiger partial charge in [-0.2, -0.15) is 0 Å². The fraction of sp³-hybridized carbons (Fsp3) is 0.883.